The van der Waals surface area contributed by atoms with Gasteiger partial charge < -0.3 is 5.32 Å². The Kier molecular flexibility index (Phi) is 3.14. The van der Waals surface area contributed by atoms with E-state index in [0.717, 1.165) is 24.3 Å². The molecule has 2 fully saturated rings. The summed E-state index contributed by atoms with van der Waals surface area (Å²) >= 11 is 1.92. The monoisotopic (exact) mass is 252 g/mol. The summed E-state index contributed by atoms with van der Waals surface area (Å²) < 4.78 is 0. The molecule has 3 aliphatic rings. The molecule has 0 saturated heterocycles. The first-order valence-electron chi connectivity index (χ1n) is 7.05. The average Bonchev–Trinajstić information content (AvgIpc) is 3.14. The fraction of sp³-hybridized carbons (Fsp3) is 0.929. The number of nitrogens with one attached hydrogen (secondary N) is 1. The molecule has 3 rings (SSSR count). The third-order valence-electron chi connectivity index (χ3n) is 4.19. The van der Waals surface area contributed by atoms with E-state index in [1.54, 1.807) is 0 Å². The van der Waals surface area contributed by atoms with Crippen molar-refractivity contribution in [1.82, 2.24) is 5.32 Å². The first-order chi connectivity index (χ1) is 8.14. The molecule has 1 N–H and O–H groups in total. The van der Waals surface area contributed by atoms with Crippen LogP contribution in [0.4, 0.5) is 0 Å². The van der Waals surface area contributed by atoms with Gasteiger partial charge >= 0.3 is 0 Å². The summed E-state index contributed by atoms with van der Waals surface area (Å²) in [5, 5.41) is 4.82. The molecule has 3 heteroatoms. The van der Waals surface area contributed by atoms with Crippen LogP contribution in [0.1, 0.15) is 39.5 Å². The third kappa shape index (κ3) is 3.18. The molecular formula is C14H24N2S. The zero-order valence-electron chi connectivity index (χ0n) is 11.0. The smallest absolute Gasteiger partial charge is 0.156 e. The molecule has 2 nitrogen and oxygen atoms in total. The van der Waals surface area contributed by atoms with Crippen molar-refractivity contribution in [1.29, 1.82) is 0 Å². The van der Waals surface area contributed by atoms with Crippen molar-refractivity contribution in [2.45, 2.75) is 39.5 Å². The highest BCUT2D eigenvalue weighted by molar-refractivity contribution is 8.13. The molecule has 1 aliphatic heterocycles. The second-order valence-electron chi connectivity index (χ2n) is 6.79. The van der Waals surface area contributed by atoms with Crippen LogP contribution in [0, 0.1) is 23.2 Å². The topological polar surface area (TPSA) is 24.4 Å². The highest BCUT2D eigenvalue weighted by Crippen LogP contribution is 2.48. The zero-order chi connectivity index (χ0) is 11.9. The Hall–Kier alpha value is -0.180. The van der Waals surface area contributed by atoms with Gasteiger partial charge in [-0.05, 0) is 48.9 Å². The van der Waals surface area contributed by atoms with Crippen LogP contribution in [-0.4, -0.2) is 24.0 Å². The SMILES string of the molecule is CC1(C)CN=C(NCC(C2CC2)C2CC2)SC1. The van der Waals surface area contributed by atoms with Gasteiger partial charge in [0.2, 0.25) is 0 Å². The maximum absolute atomic E-state index is 4.68. The largest absolute Gasteiger partial charge is 0.365 e. The van der Waals surface area contributed by atoms with Crippen molar-refractivity contribution in [3.8, 4) is 0 Å². The summed E-state index contributed by atoms with van der Waals surface area (Å²) in [6.45, 7) is 6.77. The van der Waals surface area contributed by atoms with E-state index in [1.165, 1.54) is 43.1 Å². The second-order valence-corrected chi connectivity index (χ2v) is 7.76. The summed E-state index contributed by atoms with van der Waals surface area (Å²) in [5.41, 5.74) is 0.391. The maximum Gasteiger partial charge on any atom is 0.156 e. The molecule has 0 bridgehead atoms. The average molecular weight is 252 g/mol. The van der Waals surface area contributed by atoms with Gasteiger partial charge in [-0.2, -0.15) is 0 Å². The Morgan fingerprint density at radius 1 is 1.29 bits per heavy atom. The lowest BCUT2D eigenvalue weighted by atomic mass is 9.97. The van der Waals surface area contributed by atoms with Gasteiger partial charge in [0.1, 0.15) is 0 Å². The summed E-state index contributed by atoms with van der Waals surface area (Å²) in [6.07, 6.45) is 5.93. The van der Waals surface area contributed by atoms with E-state index < -0.39 is 0 Å². The summed E-state index contributed by atoms with van der Waals surface area (Å²) in [6, 6.07) is 0. The third-order valence-corrected chi connectivity index (χ3v) is 5.67. The molecule has 0 atom stereocenters. The van der Waals surface area contributed by atoms with Crippen LogP contribution in [0.15, 0.2) is 4.99 Å². The minimum Gasteiger partial charge on any atom is -0.365 e. The molecule has 2 saturated carbocycles. The van der Waals surface area contributed by atoms with Gasteiger partial charge in [-0.15, -0.1) is 0 Å². The van der Waals surface area contributed by atoms with E-state index in [-0.39, 0.29) is 0 Å². The molecule has 0 aromatic heterocycles. The van der Waals surface area contributed by atoms with Crippen molar-refractivity contribution in [2.75, 3.05) is 18.8 Å². The molecule has 0 amide bonds. The Bertz CT molecular complexity index is 304. The van der Waals surface area contributed by atoms with Gasteiger partial charge in [0.15, 0.2) is 5.17 Å². The molecule has 0 radical (unpaired) electrons. The number of hydrogen-bond acceptors (Lipinski definition) is 3. The van der Waals surface area contributed by atoms with Crippen LogP contribution in [0.25, 0.3) is 0 Å². The highest BCUT2D eigenvalue weighted by Gasteiger charge is 2.41. The second kappa shape index (κ2) is 4.49. The Balaban J connectivity index is 1.48. The van der Waals surface area contributed by atoms with Crippen molar-refractivity contribution in [3.05, 3.63) is 0 Å². The van der Waals surface area contributed by atoms with Crippen LogP contribution < -0.4 is 5.32 Å². The molecular weight excluding hydrogens is 228 g/mol. The lowest BCUT2D eigenvalue weighted by molar-refractivity contribution is 0.400. The fourth-order valence-corrected chi connectivity index (χ4v) is 3.68. The fourth-order valence-electron chi connectivity index (χ4n) is 2.72. The van der Waals surface area contributed by atoms with E-state index in [4.69, 9.17) is 0 Å². The Morgan fingerprint density at radius 2 is 1.94 bits per heavy atom. The summed E-state index contributed by atoms with van der Waals surface area (Å²) in [4.78, 5) is 4.68. The van der Waals surface area contributed by atoms with E-state index in [0.29, 0.717) is 5.41 Å². The van der Waals surface area contributed by atoms with Crippen LogP contribution in [0.2, 0.25) is 0 Å². The van der Waals surface area contributed by atoms with E-state index in [2.05, 4.69) is 24.2 Å². The first kappa shape index (κ1) is 11.9. The Labute approximate surface area is 109 Å². The minimum absolute atomic E-state index is 0.391. The predicted octanol–water partition coefficient (Wildman–Crippen LogP) is 3.14. The summed E-state index contributed by atoms with van der Waals surface area (Å²) in [7, 11) is 0. The van der Waals surface area contributed by atoms with Crippen molar-refractivity contribution >= 4 is 16.9 Å². The van der Waals surface area contributed by atoms with E-state index in [9.17, 15) is 0 Å². The van der Waals surface area contributed by atoms with Crippen LogP contribution in [0.3, 0.4) is 0 Å². The zero-order valence-corrected chi connectivity index (χ0v) is 11.9. The van der Waals surface area contributed by atoms with Crippen LogP contribution in [0.5, 0.6) is 0 Å². The van der Waals surface area contributed by atoms with E-state index in [1.807, 2.05) is 11.8 Å². The molecule has 0 aromatic rings. The number of nitrogens with zero attached hydrogens (tertiary/aromatic N) is 1. The summed E-state index contributed by atoms with van der Waals surface area (Å²) in [5.74, 6) is 4.24. The number of aliphatic imine (C=N–C) groups is 1. The first-order valence-corrected chi connectivity index (χ1v) is 8.04. The maximum atomic E-state index is 4.68. The number of amidine groups is 1. The van der Waals surface area contributed by atoms with Crippen molar-refractivity contribution in [3.63, 3.8) is 0 Å². The van der Waals surface area contributed by atoms with Gasteiger partial charge in [-0.3, -0.25) is 4.99 Å². The Morgan fingerprint density at radius 3 is 2.41 bits per heavy atom. The number of thioether (sulfide) groups is 1. The number of rotatable bonds is 4. The molecule has 1 heterocycles. The molecule has 2 aliphatic carbocycles. The van der Waals surface area contributed by atoms with Crippen LogP contribution in [-0.2, 0) is 0 Å². The molecule has 0 unspecified atom stereocenters. The van der Waals surface area contributed by atoms with Gasteiger partial charge in [-0.25, -0.2) is 0 Å². The lowest BCUT2D eigenvalue weighted by Gasteiger charge is -2.28. The van der Waals surface area contributed by atoms with Gasteiger partial charge in [0, 0.05) is 18.8 Å². The number of hydrogen-bond donors (Lipinski definition) is 1. The molecule has 17 heavy (non-hydrogen) atoms. The normalized spacial score (nSPS) is 28.1. The standard InChI is InChI=1S/C14H24N2S/c1-14(2)8-16-13(17-9-14)15-7-12(10-3-4-10)11-5-6-11/h10-12H,3-9H2,1-2H3,(H,15,16). The van der Waals surface area contributed by atoms with E-state index >= 15 is 0 Å². The van der Waals surface area contributed by atoms with Crippen molar-refractivity contribution in [2.24, 2.45) is 28.2 Å². The molecule has 0 spiro atoms. The molecule has 0 aromatic carbocycles. The highest BCUT2D eigenvalue weighted by atomic mass is 32.2. The van der Waals surface area contributed by atoms with Gasteiger partial charge in [-0.1, -0.05) is 25.6 Å². The van der Waals surface area contributed by atoms with Crippen LogP contribution >= 0.6 is 11.8 Å². The predicted molar refractivity (Wildman–Crippen MR) is 75.5 cm³/mol. The lowest BCUT2D eigenvalue weighted by Crippen LogP contribution is -2.34. The van der Waals surface area contributed by atoms with Crippen molar-refractivity contribution < 1.29 is 0 Å². The van der Waals surface area contributed by atoms with Gasteiger partial charge in [0.25, 0.3) is 0 Å². The van der Waals surface area contributed by atoms with Gasteiger partial charge in [0.05, 0.1) is 0 Å². The molecule has 96 valence electrons. The quantitative estimate of drug-likeness (QED) is 0.831. The minimum atomic E-state index is 0.391.